The zero-order valence-electron chi connectivity index (χ0n) is 5.42. The minimum atomic E-state index is -1.18. The molecule has 0 radical (unpaired) electrons. The lowest BCUT2D eigenvalue weighted by Crippen LogP contribution is -2.60. The monoisotopic (exact) mass is 129 g/mol. The minimum absolute atomic E-state index is 0.207. The quantitative estimate of drug-likeness (QED) is 0.498. The maximum absolute atomic E-state index is 10.6. The highest BCUT2D eigenvalue weighted by molar-refractivity contribution is 5.86. The number of aliphatic hydroxyl groups is 1. The average Bonchev–Trinajstić information content (AvgIpc) is 1.82. The van der Waals surface area contributed by atoms with Crippen molar-refractivity contribution < 1.29 is 9.90 Å². The molecule has 1 rings (SSSR count). The van der Waals surface area contributed by atoms with E-state index in [1.54, 1.807) is 0 Å². The lowest BCUT2D eigenvalue weighted by Gasteiger charge is -2.40. The van der Waals surface area contributed by atoms with E-state index >= 15 is 0 Å². The lowest BCUT2D eigenvalue weighted by atomic mass is 9.73. The summed E-state index contributed by atoms with van der Waals surface area (Å²) in [5.41, 5.74) is 4.21. The fourth-order valence-corrected chi connectivity index (χ4v) is 1.02. The van der Waals surface area contributed by atoms with Crippen molar-refractivity contribution in [2.75, 3.05) is 0 Å². The molecule has 0 aliphatic heterocycles. The van der Waals surface area contributed by atoms with E-state index < -0.39 is 5.60 Å². The molecule has 1 fully saturated rings. The Balaban J connectivity index is 2.64. The van der Waals surface area contributed by atoms with Crippen molar-refractivity contribution in [1.29, 1.82) is 0 Å². The fraction of sp³-hybridized carbons (Fsp3) is 0.833. The van der Waals surface area contributed by atoms with Gasteiger partial charge >= 0.3 is 0 Å². The highest BCUT2D eigenvalue weighted by Gasteiger charge is 2.46. The summed E-state index contributed by atoms with van der Waals surface area (Å²) < 4.78 is 0. The van der Waals surface area contributed by atoms with Crippen LogP contribution in [0, 0.1) is 0 Å². The van der Waals surface area contributed by atoms with Crippen LogP contribution in [0.25, 0.3) is 0 Å². The Morgan fingerprint density at radius 3 is 2.44 bits per heavy atom. The Hall–Kier alpha value is -0.410. The topological polar surface area (TPSA) is 63.3 Å². The summed E-state index contributed by atoms with van der Waals surface area (Å²) in [4.78, 5) is 10.6. The third-order valence-corrected chi connectivity index (χ3v) is 2.06. The summed E-state index contributed by atoms with van der Waals surface area (Å²) in [6.07, 6.45) is 1.29. The van der Waals surface area contributed by atoms with E-state index in [9.17, 15) is 9.90 Å². The predicted octanol–water partition coefficient (Wildman–Crippen LogP) is -0.572. The van der Waals surface area contributed by atoms with Crippen LogP contribution in [0.3, 0.4) is 0 Å². The summed E-state index contributed by atoms with van der Waals surface area (Å²) >= 11 is 0. The number of carbonyl (C=O) groups is 1. The first-order valence-corrected chi connectivity index (χ1v) is 3.06. The van der Waals surface area contributed by atoms with Crippen molar-refractivity contribution in [2.45, 2.75) is 31.4 Å². The highest BCUT2D eigenvalue weighted by Crippen LogP contribution is 2.30. The second kappa shape index (κ2) is 1.78. The lowest BCUT2D eigenvalue weighted by molar-refractivity contribution is -0.146. The molecule has 0 aromatic carbocycles. The van der Waals surface area contributed by atoms with Crippen LogP contribution >= 0.6 is 0 Å². The maximum atomic E-state index is 10.6. The normalized spacial score (nSPS) is 41.9. The standard InChI is InChI=1S/C6H11NO2/c1-4(8)6(9)3-2-5(6)7/h5,9H,2-3,7H2,1H3/t5-,6-/m0/s1. The molecule has 0 amide bonds. The van der Waals surface area contributed by atoms with Gasteiger partial charge in [0.15, 0.2) is 5.78 Å². The molecule has 1 aliphatic carbocycles. The van der Waals surface area contributed by atoms with E-state index in [2.05, 4.69) is 0 Å². The summed E-state index contributed by atoms with van der Waals surface area (Å²) in [5, 5.41) is 9.28. The smallest absolute Gasteiger partial charge is 0.162 e. The Kier molecular flexibility index (Phi) is 1.33. The number of rotatable bonds is 1. The molecule has 3 nitrogen and oxygen atoms in total. The Labute approximate surface area is 53.9 Å². The van der Waals surface area contributed by atoms with Gasteiger partial charge in [0.1, 0.15) is 5.60 Å². The molecule has 52 valence electrons. The van der Waals surface area contributed by atoms with Gasteiger partial charge in [-0.2, -0.15) is 0 Å². The molecule has 0 heterocycles. The minimum Gasteiger partial charge on any atom is -0.380 e. The van der Waals surface area contributed by atoms with Crippen LogP contribution in [0.1, 0.15) is 19.8 Å². The molecular formula is C6H11NO2. The van der Waals surface area contributed by atoms with Gasteiger partial charge in [-0.05, 0) is 19.8 Å². The zero-order valence-corrected chi connectivity index (χ0v) is 5.42. The third kappa shape index (κ3) is 0.767. The van der Waals surface area contributed by atoms with Crippen LogP contribution in [0.4, 0.5) is 0 Å². The van der Waals surface area contributed by atoms with Crippen LogP contribution in [-0.4, -0.2) is 22.5 Å². The SMILES string of the molecule is CC(=O)[C@@]1(O)CC[C@@H]1N. The van der Waals surface area contributed by atoms with Crippen molar-refractivity contribution in [2.24, 2.45) is 5.73 Å². The summed E-state index contributed by atoms with van der Waals surface area (Å²) in [6, 6.07) is -0.324. The molecule has 0 aromatic heterocycles. The van der Waals surface area contributed by atoms with Crippen molar-refractivity contribution in [3.63, 3.8) is 0 Å². The Morgan fingerprint density at radius 2 is 2.44 bits per heavy atom. The van der Waals surface area contributed by atoms with Crippen LogP contribution in [-0.2, 0) is 4.79 Å². The number of ketones is 1. The first kappa shape index (κ1) is 6.71. The zero-order chi connectivity index (χ0) is 7.07. The maximum Gasteiger partial charge on any atom is 0.162 e. The van der Waals surface area contributed by atoms with E-state index in [0.717, 1.165) is 6.42 Å². The number of Topliss-reactive ketones (excluding diaryl/α,β-unsaturated/α-hetero) is 1. The Bertz CT molecular complexity index is 146. The Morgan fingerprint density at radius 1 is 1.89 bits per heavy atom. The molecule has 0 aromatic rings. The molecule has 1 saturated carbocycles. The van der Waals surface area contributed by atoms with E-state index in [4.69, 9.17) is 5.73 Å². The fourth-order valence-electron chi connectivity index (χ4n) is 1.02. The van der Waals surface area contributed by atoms with Gasteiger partial charge < -0.3 is 10.8 Å². The number of carbonyl (C=O) groups excluding carboxylic acids is 1. The summed E-state index contributed by atoms with van der Waals surface area (Å²) in [7, 11) is 0. The molecule has 2 atom stereocenters. The first-order valence-electron chi connectivity index (χ1n) is 3.06. The summed E-state index contributed by atoms with van der Waals surface area (Å²) in [5.74, 6) is -0.207. The molecule has 1 aliphatic rings. The second-order valence-electron chi connectivity index (χ2n) is 2.63. The molecule has 0 saturated heterocycles. The van der Waals surface area contributed by atoms with Crippen molar-refractivity contribution in [1.82, 2.24) is 0 Å². The molecular weight excluding hydrogens is 118 g/mol. The number of nitrogens with two attached hydrogens (primary N) is 1. The average molecular weight is 129 g/mol. The van der Waals surface area contributed by atoms with Crippen LogP contribution in [0.2, 0.25) is 0 Å². The van der Waals surface area contributed by atoms with E-state index in [-0.39, 0.29) is 11.8 Å². The highest BCUT2D eigenvalue weighted by atomic mass is 16.3. The molecule has 3 heteroatoms. The van der Waals surface area contributed by atoms with Crippen LogP contribution < -0.4 is 5.73 Å². The molecule has 0 bridgehead atoms. The van der Waals surface area contributed by atoms with Gasteiger partial charge in [0, 0.05) is 6.04 Å². The van der Waals surface area contributed by atoms with E-state index in [1.807, 2.05) is 0 Å². The first-order chi connectivity index (χ1) is 4.07. The molecule has 0 spiro atoms. The number of hydrogen-bond acceptors (Lipinski definition) is 3. The largest absolute Gasteiger partial charge is 0.380 e. The third-order valence-electron chi connectivity index (χ3n) is 2.06. The van der Waals surface area contributed by atoms with Gasteiger partial charge in [-0.1, -0.05) is 0 Å². The van der Waals surface area contributed by atoms with E-state index in [0.29, 0.717) is 6.42 Å². The van der Waals surface area contributed by atoms with Crippen LogP contribution in [0.15, 0.2) is 0 Å². The summed E-state index contributed by atoms with van der Waals surface area (Å²) in [6.45, 7) is 1.37. The van der Waals surface area contributed by atoms with Crippen LogP contribution in [0.5, 0.6) is 0 Å². The molecule has 9 heavy (non-hydrogen) atoms. The van der Waals surface area contributed by atoms with Gasteiger partial charge in [0.2, 0.25) is 0 Å². The van der Waals surface area contributed by atoms with E-state index in [1.165, 1.54) is 6.92 Å². The second-order valence-corrected chi connectivity index (χ2v) is 2.63. The van der Waals surface area contributed by atoms with Gasteiger partial charge in [0.25, 0.3) is 0 Å². The van der Waals surface area contributed by atoms with Gasteiger partial charge in [-0.25, -0.2) is 0 Å². The van der Waals surface area contributed by atoms with Gasteiger partial charge in [0.05, 0.1) is 0 Å². The predicted molar refractivity (Wildman–Crippen MR) is 32.8 cm³/mol. The molecule has 0 unspecified atom stereocenters. The van der Waals surface area contributed by atoms with Gasteiger partial charge in [-0.15, -0.1) is 0 Å². The number of hydrogen-bond donors (Lipinski definition) is 2. The van der Waals surface area contributed by atoms with Gasteiger partial charge in [-0.3, -0.25) is 4.79 Å². The molecule has 3 N–H and O–H groups in total. The van der Waals surface area contributed by atoms with Crippen molar-refractivity contribution in [3.8, 4) is 0 Å². The van der Waals surface area contributed by atoms with Crippen molar-refractivity contribution >= 4 is 5.78 Å². The van der Waals surface area contributed by atoms with Crippen molar-refractivity contribution in [3.05, 3.63) is 0 Å².